The average molecular weight is 400 g/mol. The van der Waals surface area contributed by atoms with E-state index in [0.29, 0.717) is 33.4 Å². The molecule has 4 aromatic rings. The van der Waals surface area contributed by atoms with Crippen LogP contribution in [-0.4, -0.2) is 29.7 Å². The maximum absolute atomic E-state index is 6.02. The lowest BCUT2D eigenvalue weighted by atomic mass is 10.2. The highest BCUT2D eigenvalue weighted by Gasteiger charge is 2.12. The Morgan fingerprint density at radius 1 is 1.22 bits per heavy atom. The SMILES string of the molecule is Cn1nccc1-c1nc(N)nc(SCc2ncc(-c3cccc(Cl)c3)o2)n1. The zero-order chi connectivity index (χ0) is 18.8. The molecule has 0 saturated carbocycles. The predicted octanol–water partition coefficient (Wildman–Crippen LogP) is 3.46. The Kier molecular flexibility index (Phi) is 4.78. The summed E-state index contributed by atoms with van der Waals surface area (Å²) in [5, 5.41) is 5.25. The number of oxazole rings is 1. The van der Waals surface area contributed by atoms with Crippen LogP contribution in [0.4, 0.5) is 5.95 Å². The Morgan fingerprint density at radius 2 is 2.11 bits per heavy atom. The smallest absolute Gasteiger partial charge is 0.224 e. The molecule has 0 aliphatic rings. The molecule has 0 spiro atoms. The fourth-order valence-electron chi connectivity index (χ4n) is 2.42. The summed E-state index contributed by atoms with van der Waals surface area (Å²) in [6, 6.07) is 9.22. The molecule has 27 heavy (non-hydrogen) atoms. The van der Waals surface area contributed by atoms with Crippen LogP contribution in [-0.2, 0) is 12.8 Å². The number of aromatic nitrogens is 6. The van der Waals surface area contributed by atoms with Crippen LogP contribution in [0.15, 0.2) is 52.3 Å². The largest absolute Gasteiger partial charge is 0.440 e. The molecule has 0 bridgehead atoms. The molecule has 10 heteroatoms. The van der Waals surface area contributed by atoms with Gasteiger partial charge >= 0.3 is 0 Å². The van der Waals surface area contributed by atoms with Crippen molar-refractivity contribution >= 4 is 29.3 Å². The molecular formula is C17H14ClN7OS. The molecule has 0 fully saturated rings. The quantitative estimate of drug-likeness (QED) is 0.508. The number of anilines is 1. The maximum atomic E-state index is 6.02. The fourth-order valence-corrected chi connectivity index (χ4v) is 3.31. The van der Waals surface area contributed by atoms with Gasteiger partial charge in [0, 0.05) is 23.8 Å². The van der Waals surface area contributed by atoms with Gasteiger partial charge in [0.05, 0.1) is 11.9 Å². The minimum Gasteiger partial charge on any atom is -0.440 e. The van der Waals surface area contributed by atoms with E-state index >= 15 is 0 Å². The second kappa shape index (κ2) is 7.37. The van der Waals surface area contributed by atoms with Crippen molar-refractivity contribution in [1.82, 2.24) is 29.7 Å². The Labute approximate surface area is 163 Å². The molecule has 0 atom stereocenters. The van der Waals surface area contributed by atoms with E-state index in [2.05, 4.69) is 25.0 Å². The summed E-state index contributed by atoms with van der Waals surface area (Å²) < 4.78 is 7.47. The van der Waals surface area contributed by atoms with Crippen LogP contribution < -0.4 is 5.73 Å². The lowest BCUT2D eigenvalue weighted by Gasteiger charge is -2.04. The summed E-state index contributed by atoms with van der Waals surface area (Å²) in [6.07, 6.45) is 3.34. The van der Waals surface area contributed by atoms with Crippen molar-refractivity contribution in [1.29, 1.82) is 0 Å². The number of halogens is 1. The summed E-state index contributed by atoms with van der Waals surface area (Å²) in [5.41, 5.74) is 7.45. The second-order valence-electron chi connectivity index (χ2n) is 5.56. The molecule has 1 aromatic carbocycles. The Bertz CT molecular complexity index is 1090. The Morgan fingerprint density at radius 3 is 2.89 bits per heavy atom. The number of nitrogen functional groups attached to an aromatic ring is 1. The third-order valence-corrected chi connectivity index (χ3v) is 4.74. The standard InChI is InChI=1S/C17H14ClN7OS/c1-25-12(5-6-21-25)15-22-16(19)24-17(23-15)27-9-14-20-8-13(26-14)10-3-2-4-11(18)7-10/h2-8H,9H2,1H3,(H2,19,22,23,24). The van der Waals surface area contributed by atoms with E-state index in [1.54, 1.807) is 17.1 Å². The number of benzene rings is 1. The number of aryl methyl sites for hydroxylation is 1. The number of nitrogens with two attached hydrogens (primary N) is 1. The van der Waals surface area contributed by atoms with Gasteiger partial charge in [-0.2, -0.15) is 15.1 Å². The molecule has 0 saturated heterocycles. The summed E-state index contributed by atoms with van der Waals surface area (Å²) >= 11 is 7.38. The van der Waals surface area contributed by atoms with Crippen LogP contribution in [0, 0.1) is 0 Å². The van der Waals surface area contributed by atoms with Crippen molar-refractivity contribution in [3.8, 4) is 22.8 Å². The summed E-state index contributed by atoms with van der Waals surface area (Å²) in [5.74, 6) is 2.28. The first-order valence-corrected chi connectivity index (χ1v) is 9.28. The number of hydrogen-bond acceptors (Lipinski definition) is 8. The molecule has 0 aliphatic heterocycles. The molecule has 0 radical (unpaired) electrons. The molecule has 0 unspecified atom stereocenters. The van der Waals surface area contributed by atoms with Crippen molar-refractivity contribution in [3.05, 3.63) is 53.6 Å². The van der Waals surface area contributed by atoms with E-state index in [4.69, 9.17) is 21.8 Å². The van der Waals surface area contributed by atoms with Crippen LogP contribution in [0.1, 0.15) is 5.89 Å². The highest BCUT2D eigenvalue weighted by Crippen LogP contribution is 2.27. The third-order valence-electron chi connectivity index (χ3n) is 3.67. The normalized spacial score (nSPS) is 11.0. The first-order chi connectivity index (χ1) is 13.1. The predicted molar refractivity (Wildman–Crippen MR) is 103 cm³/mol. The van der Waals surface area contributed by atoms with Gasteiger partial charge < -0.3 is 10.2 Å². The molecular weight excluding hydrogens is 386 g/mol. The van der Waals surface area contributed by atoms with Gasteiger partial charge in [-0.3, -0.25) is 4.68 Å². The van der Waals surface area contributed by atoms with E-state index in [1.807, 2.05) is 37.4 Å². The van der Waals surface area contributed by atoms with Crippen molar-refractivity contribution in [3.63, 3.8) is 0 Å². The summed E-state index contributed by atoms with van der Waals surface area (Å²) in [7, 11) is 1.81. The van der Waals surface area contributed by atoms with Crippen LogP contribution in [0.25, 0.3) is 22.8 Å². The van der Waals surface area contributed by atoms with E-state index < -0.39 is 0 Å². The number of rotatable bonds is 5. The second-order valence-corrected chi connectivity index (χ2v) is 6.94. The van der Waals surface area contributed by atoms with Crippen molar-refractivity contribution in [2.75, 3.05) is 5.73 Å². The summed E-state index contributed by atoms with van der Waals surface area (Å²) in [6.45, 7) is 0. The first-order valence-electron chi connectivity index (χ1n) is 7.92. The van der Waals surface area contributed by atoms with Gasteiger partial charge in [0.25, 0.3) is 0 Å². The van der Waals surface area contributed by atoms with Crippen molar-refractivity contribution in [2.24, 2.45) is 7.05 Å². The monoisotopic (exact) mass is 399 g/mol. The molecule has 4 rings (SSSR count). The van der Waals surface area contributed by atoms with E-state index in [1.165, 1.54) is 11.8 Å². The molecule has 3 aromatic heterocycles. The van der Waals surface area contributed by atoms with Crippen molar-refractivity contribution < 1.29 is 4.42 Å². The fraction of sp³-hybridized carbons (Fsp3) is 0.118. The molecule has 0 aliphatic carbocycles. The minimum absolute atomic E-state index is 0.149. The van der Waals surface area contributed by atoms with Crippen LogP contribution in [0.3, 0.4) is 0 Å². The Balaban J connectivity index is 1.51. The van der Waals surface area contributed by atoms with Crippen LogP contribution >= 0.6 is 23.4 Å². The Hall–Kier alpha value is -2.91. The van der Waals surface area contributed by atoms with Gasteiger partial charge in [-0.25, -0.2) is 9.97 Å². The first kappa shape index (κ1) is 17.5. The number of nitrogens with zero attached hydrogens (tertiary/aromatic N) is 6. The van der Waals surface area contributed by atoms with Crippen LogP contribution in [0.2, 0.25) is 5.02 Å². The van der Waals surface area contributed by atoms with E-state index in [0.717, 1.165) is 11.3 Å². The summed E-state index contributed by atoms with van der Waals surface area (Å²) in [4.78, 5) is 17.1. The zero-order valence-electron chi connectivity index (χ0n) is 14.2. The number of hydrogen-bond donors (Lipinski definition) is 1. The highest BCUT2D eigenvalue weighted by molar-refractivity contribution is 7.98. The van der Waals surface area contributed by atoms with E-state index in [9.17, 15) is 0 Å². The van der Waals surface area contributed by atoms with Gasteiger partial charge in [-0.1, -0.05) is 35.5 Å². The molecule has 0 amide bonds. The number of thioether (sulfide) groups is 1. The minimum atomic E-state index is 0.149. The van der Waals surface area contributed by atoms with Gasteiger partial charge in [0.2, 0.25) is 11.8 Å². The van der Waals surface area contributed by atoms with Crippen LogP contribution in [0.5, 0.6) is 0 Å². The highest BCUT2D eigenvalue weighted by atomic mass is 35.5. The molecule has 3 heterocycles. The van der Waals surface area contributed by atoms with Gasteiger partial charge in [0.1, 0.15) is 5.69 Å². The van der Waals surface area contributed by atoms with E-state index in [-0.39, 0.29) is 5.95 Å². The molecule has 136 valence electrons. The lowest BCUT2D eigenvalue weighted by molar-refractivity contribution is 0.530. The lowest BCUT2D eigenvalue weighted by Crippen LogP contribution is -2.04. The zero-order valence-corrected chi connectivity index (χ0v) is 15.8. The molecule has 8 nitrogen and oxygen atoms in total. The topological polar surface area (TPSA) is 109 Å². The van der Waals surface area contributed by atoms with Gasteiger partial charge in [-0.05, 0) is 18.2 Å². The van der Waals surface area contributed by atoms with Crippen molar-refractivity contribution in [2.45, 2.75) is 10.9 Å². The average Bonchev–Trinajstić information content (AvgIpc) is 3.28. The molecule has 2 N–H and O–H groups in total. The van der Waals surface area contributed by atoms with Gasteiger partial charge in [-0.15, -0.1) is 0 Å². The maximum Gasteiger partial charge on any atom is 0.224 e. The van der Waals surface area contributed by atoms with Gasteiger partial charge in [0.15, 0.2) is 16.7 Å². The third kappa shape index (κ3) is 3.93.